The number of allylic oxidation sites excluding steroid dienone is 1. The van der Waals surface area contributed by atoms with Crippen LogP contribution in [0, 0.1) is 0 Å². The van der Waals surface area contributed by atoms with Crippen molar-refractivity contribution in [2.24, 2.45) is 0 Å². The topological polar surface area (TPSA) is 21.3 Å². The Hall–Kier alpha value is -6.58. The van der Waals surface area contributed by atoms with Crippen LogP contribution in [0.5, 0.6) is 0 Å². The van der Waals surface area contributed by atoms with Gasteiger partial charge in [0.15, 0.2) is 0 Å². The van der Waals surface area contributed by atoms with E-state index in [1.54, 1.807) is 0 Å². The molecule has 2 aliphatic rings. The number of nitrogens with zero attached hydrogens (tertiary/aromatic N) is 2. The summed E-state index contributed by atoms with van der Waals surface area (Å²) in [6.07, 6.45) is 3.35. The number of rotatable bonds is 4. The molecule has 3 heteroatoms. The second-order valence-electron chi connectivity index (χ2n) is 14.4. The first-order valence-corrected chi connectivity index (χ1v) is 18.1. The van der Waals surface area contributed by atoms with E-state index in [1.807, 2.05) is 0 Å². The van der Waals surface area contributed by atoms with E-state index in [0.717, 1.165) is 34.0 Å². The first kappa shape index (κ1) is 29.2. The minimum absolute atomic E-state index is 0.270. The smallest absolute Gasteiger partial charge is 0.137 e. The highest BCUT2D eigenvalue weighted by Crippen LogP contribution is 2.58. The second-order valence-corrected chi connectivity index (χ2v) is 14.4. The maximum absolute atomic E-state index is 6.62. The Balaban J connectivity index is 1.15. The predicted octanol–water partition coefficient (Wildman–Crippen LogP) is 12.9. The molecule has 0 saturated heterocycles. The van der Waals surface area contributed by atoms with Crippen molar-refractivity contribution in [3.05, 3.63) is 192 Å². The number of fused-ring (bicyclic) bond motifs is 9. The summed E-state index contributed by atoms with van der Waals surface area (Å²) < 4.78 is 9.09. The lowest BCUT2D eigenvalue weighted by atomic mass is 9.73. The molecule has 1 aliphatic carbocycles. The van der Waals surface area contributed by atoms with Gasteiger partial charge < -0.3 is 13.9 Å². The lowest BCUT2D eigenvalue weighted by Crippen LogP contribution is -2.31. The Morgan fingerprint density at radius 1 is 0.519 bits per heavy atom. The first-order valence-electron chi connectivity index (χ1n) is 18.1. The largest absolute Gasteiger partial charge is 0.456 e. The Bertz CT molecular complexity index is 2880. The van der Waals surface area contributed by atoms with Crippen LogP contribution in [0.2, 0.25) is 0 Å². The van der Waals surface area contributed by atoms with Gasteiger partial charge >= 0.3 is 0 Å². The molecule has 0 radical (unpaired) electrons. The SMILES string of the molecule is CC12Cc3c(n(-c4cccc(-c5ccccc5)c4)c4ccccc34)C=C1N(c1ccccc1)c1cc3oc4ccc(-c5ccccc5)cc4c3cc12. The van der Waals surface area contributed by atoms with Crippen molar-refractivity contribution in [1.82, 2.24) is 4.57 Å². The minimum Gasteiger partial charge on any atom is -0.456 e. The van der Waals surface area contributed by atoms with Crippen molar-refractivity contribution in [3.63, 3.8) is 0 Å². The van der Waals surface area contributed by atoms with E-state index in [-0.39, 0.29) is 5.41 Å². The summed E-state index contributed by atoms with van der Waals surface area (Å²) in [6, 6.07) is 61.3. The summed E-state index contributed by atoms with van der Waals surface area (Å²) in [5.74, 6) is 0. The number of para-hydroxylation sites is 2. The summed E-state index contributed by atoms with van der Waals surface area (Å²) in [7, 11) is 0. The molecular formula is C49H34N2O. The van der Waals surface area contributed by atoms with Crippen LogP contribution in [0.4, 0.5) is 11.4 Å². The Kier molecular flexibility index (Phi) is 6.15. The molecule has 11 rings (SSSR count). The standard InChI is InChI=1S/C49H34N2O/c1-49-31-41-38-22-11-12-23-43(38)50(37-21-13-18-34(26-37)32-14-5-2-6-15-32)44(41)30-48(49)51(36-19-9-4-10-20-36)45-29-47-40(28-42(45)49)39-27-35(24-25-46(39)52-47)33-16-7-3-8-17-33/h2-30H,31H2,1H3. The molecule has 0 bridgehead atoms. The molecule has 1 atom stereocenters. The first-order chi connectivity index (χ1) is 25.6. The van der Waals surface area contributed by atoms with E-state index in [4.69, 9.17) is 4.42 Å². The van der Waals surface area contributed by atoms with Crippen LogP contribution in [0.3, 0.4) is 0 Å². The highest BCUT2D eigenvalue weighted by atomic mass is 16.3. The molecule has 1 aliphatic heterocycles. The third kappa shape index (κ3) is 4.20. The van der Waals surface area contributed by atoms with Crippen LogP contribution in [0.25, 0.3) is 66.9 Å². The maximum atomic E-state index is 6.62. The van der Waals surface area contributed by atoms with Crippen molar-refractivity contribution >= 4 is 50.3 Å². The molecule has 7 aromatic carbocycles. The molecule has 0 amide bonds. The van der Waals surface area contributed by atoms with Crippen molar-refractivity contribution in [2.45, 2.75) is 18.8 Å². The fraction of sp³-hybridized carbons (Fsp3) is 0.0612. The van der Waals surface area contributed by atoms with Crippen LogP contribution in [-0.2, 0) is 11.8 Å². The van der Waals surface area contributed by atoms with Crippen LogP contribution in [-0.4, -0.2) is 4.57 Å². The molecule has 0 N–H and O–H groups in total. The molecule has 2 aromatic heterocycles. The highest BCUT2D eigenvalue weighted by Gasteiger charge is 2.48. The fourth-order valence-electron chi connectivity index (χ4n) is 8.91. The average Bonchev–Trinajstić information content (AvgIpc) is 3.81. The molecule has 3 nitrogen and oxygen atoms in total. The molecular weight excluding hydrogens is 633 g/mol. The van der Waals surface area contributed by atoms with E-state index >= 15 is 0 Å². The van der Waals surface area contributed by atoms with Crippen molar-refractivity contribution in [2.75, 3.05) is 4.90 Å². The monoisotopic (exact) mass is 666 g/mol. The van der Waals surface area contributed by atoms with Gasteiger partial charge in [-0.1, -0.05) is 115 Å². The predicted molar refractivity (Wildman–Crippen MR) is 215 cm³/mol. The Morgan fingerprint density at radius 2 is 1.15 bits per heavy atom. The van der Waals surface area contributed by atoms with E-state index in [1.165, 1.54) is 67.0 Å². The van der Waals surface area contributed by atoms with Gasteiger partial charge in [-0.3, -0.25) is 0 Å². The Labute approximate surface area is 302 Å². The number of furan rings is 1. The van der Waals surface area contributed by atoms with E-state index in [9.17, 15) is 0 Å². The van der Waals surface area contributed by atoms with Gasteiger partial charge in [-0.25, -0.2) is 0 Å². The van der Waals surface area contributed by atoms with E-state index in [0.29, 0.717) is 0 Å². The van der Waals surface area contributed by atoms with Gasteiger partial charge in [0.05, 0.1) is 16.9 Å². The summed E-state index contributed by atoms with van der Waals surface area (Å²) in [4.78, 5) is 2.47. The zero-order valence-electron chi connectivity index (χ0n) is 28.8. The normalized spacial score (nSPS) is 16.2. The van der Waals surface area contributed by atoms with Crippen molar-refractivity contribution < 1.29 is 4.42 Å². The van der Waals surface area contributed by atoms with Gasteiger partial charge in [-0.2, -0.15) is 0 Å². The van der Waals surface area contributed by atoms with Gasteiger partial charge in [-0.05, 0) is 101 Å². The number of hydrogen-bond donors (Lipinski definition) is 0. The molecule has 3 heterocycles. The minimum atomic E-state index is -0.270. The van der Waals surface area contributed by atoms with Gasteiger partial charge in [0.1, 0.15) is 11.2 Å². The lowest BCUT2D eigenvalue weighted by molar-refractivity contribution is 0.567. The van der Waals surface area contributed by atoms with Crippen LogP contribution >= 0.6 is 0 Å². The zero-order valence-corrected chi connectivity index (χ0v) is 28.8. The zero-order chi connectivity index (χ0) is 34.4. The van der Waals surface area contributed by atoms with Gasteiger partial charge in [0, 0.05) is 44.7 Å². The molecule has 9 aromatic rings. The van der Waals surface area contributed by atoms with Gasteiger partial charge in [-0.15, -0.1) is 0 Å². The quantitative estimate of drug-likeness (QED) is 0.186. The maximum Gasteiger partial charge on any atom is 0.137 e. The summed E-state index contributed by atoms with van der Waals surface area (Å²) in [5.41, 5.74) is 16.4. The summed E-state index contributed by atoms with van der Waals surface area (Å²) in [5, 5.41) is 3.62. The van der Waals surface area contributed by atoms with Crippen molar-refractivity contribution in [1.29, 1.82) is 0 Å². The second kappa shape index (κ2) is 11.0. The van der Waals surface area contributed by atoms with E-state index < -0.39 is 0 Å². The van der Waals surface area contributed by atoms with Gasteiger partial charge in [0.2, 0.25) is 0 Å². The molecule has 1 unspecified atom stereocenters. The highest BCUT2D eigenvalue weighted by molar-refractivity contribution is 6.09. The average molecular weight is 667 g/mol. The fourth-order valence-corrected chi connectivity index (χ4v) is 8.91. The molecule has 0 saturated carbocycles. The molecule has 0 spiro atoms. The summed E-state index contributed by atoms with van der Waals surface area (Å²) in [6.45, 7) is 2.44. The van der Waals surface area contributed by atoms with Gasteiger partial charge in [0.25, 0.3) is 0 Å². The third-order valence-electron chi connectivity index (χ3n) is 11.4. The Morgan fingerprint density at radius 3 is 1.92 bits per heavy atom. The molecule has 52 heavy (non-hydrogen) atoms. The molecule has 0 fully saturated rings. The van der Waals surface area contributed by atoms with Crippen LogP contribution in [0.15, 0.2) is 180 Å². The number of anilines is 2. The van der Waals surface area contributed by atoms with Crippen LogP contribution in [0.1, 0.15) is 23.7 Å². The number of aromatic nitrogens is 1. The lowest BCUT2D eigenvalue weighted by Gasteiger charge is -2.34. The van der Waals surface area contributed by atoms with Crippen molar-refractivity contribution in [3.8, 4) is 27.9 Å². The number of benzene rings is 7. The number of hydrogen-bond acceptors (Lipinski definition) is 2. The third-order valence-corrected chi connectivity index (χ3v) is 11.4. The van der Waals surface area contributed by atoms with Crippen LogP contribution < -0.4 is 4.90 Å². The molecule has 246 valence electrons. The van der Waals surface area contributed by atoms with E-state index in [2.05, 4.69) is 192 Å². The summed E-state index contributed by atoms with van der Waals surface area (Å²) >= 11 is 0.